The third-order valence-corrected chi connectivity index (χ3v) is 1.72. The second kappa shape index (κ2) is 3.06. The molecule has 0 amide bonds. The summed E-state index contributed by atoms with van der Waals surface area (Å²) in [6.07, 6.45) is 0. The molecule has 0 aliphatic heterocycles. The topological polar surface area (TPSA) is 61.3 Å². The number of fused-ring (bicyclic) bond motifs is 1. The maximum atomic E-state index is 5.59. The average Bonchev–Trinajstić information content (AvgIpc) is 2.46. The Balaban J connectivity index is 2.49. The molecule has 0 atom stereocenters. The Kier molecular flexibility index (Phi) is 1.90. The summed E-state index contributed by atoms with van der Waals surface area (Å²) in [6, 6.07) is 5.37. The van der Waals surface area contributed by atoms with Gasteiger partial charge in [0.25, 0.3) is 0 Å². The molecular formula is C9H10N2O2. The Bertz CT molecular complexity index is 422. The number of rotatable bonds is 2. The van der Waals surface area contributed by atoms with E-state index in [4.69, 9.17) is 14.9 Å². The molecule has 1 aromatic carbocycles. The number of benzene rings is 1. The van der Waals surface area contributed by atoms with Gasteiger partial charge in [-0.25, -0.2) is 4.98 Å². The van der Waals surface area contributed by atoms with E-state index in [1.54, 1.807) is 19.2 Å². The van der Waals surface area contributed by atoms with Crippen molar-refractivity contribution in [2.75, 3.05) is 12.8 Å². The van der Waals surface area contributed by atoms with Crippen LogP contribution in [-0.2, 0) is 11.3 Å². The van der Waals surface area contributed by atoms with E-state index in [9.17, 15) is 0 Å². The first-order valence-electron chi connectivity index (χ1n) is 3.93. The molecule has 0 aliphatic carbocycles. The summed E-state index contributed by atoms with van der Waals surface area (Å²) in [7, 11) is 1.60. The van der Waals surface area contributed by atoms with Crippen molar-refractivity contribution in [1.29, 1.82) is 0 Å². The molecular weight excluding hydrogens is 168 g/mol. The fraction of sp³-hybridized carbons (Fsp3) is 0.222. The third kappa shape index (κ3) is 1.48. The number of aromatic nitrogens is 1. The molecule has 0 bridgehead atoms. The molecule has 0 aliphatic rings. The summed E-state index contributed by atoms with van der Waals surface area (Å²) in [6.45, 7) is 0.384. The molecule has 2 N–H and O–H groups in total. The minimum atomic E-state index is 0.384. The van der Waals surface area contributed by atoms with Gasteiger partial charge in [0.2, 0.25) is 5.89 Å². The van der Waals surface area contributed by atoms with Gasteiger partial charge in [-0.2, -0.15) is 0 Å². The summed E-state index contributed by atoms with van der Waals surface area (Å²) < 4.78 is 10.3. The van der Waals surface area contributed by atoms with Gasteiger partial charge in [0.1, 0.15) is 12.1 Å². The van der Waals surface area contributed by atoms with Gasteiger partial charge in [0, 0.05) is 18.9 Å². The summed E-state index contributed by atoms with van der Waals surface area (Å²) >= 11 is 0. The molecule has 0 saturated carbocycles. The Morgan fingerprint density at radius 2 is 2.38 bits per heavy atom. The van der Waals surface area contributed by atoms with Crippen LogP contribution in [0.2, 0.25) is 0 Å². The summed E-state index contributed by atoms with van der Waals surface area (Å²) in [4.78, 5) is 4.20. The lowest BCUT2D eigenvalue weighted by atomic mass is 10.3. The van der Waals surface area contributed by atoms with Crippen molar-refractivity contribution in [3.63, 3.8) is 0 Å². The van der Waals surface area contributed by atoms with Crippen LogP contribution in [-0.4, -0.2) is 12.1 Å². The normalized spacial score (nSPS) is 10.8. The molecule has 2 aromatic rings. The first-order valence-corrected chi connectivity index (χ1v) is 3.93. The molecule has 4 nitrogen and oxygen atoms in total. The lowest BCUT2D eigenvalue weighted by Crippen LogP contribution is -1.85. The maximum absolute atomic E-state index is 5.59. The van der Waals surface area contributed by atoms with Crippen LogP contribution in [0.25, 0.3) is 11.1 Å². The van der Waals surface area contributed by atoms with Gasteiger partial charge in [-0.1, -0.05) is 0 Å². The molecule has 13 heavy (non-hydrogen) atoms. The Morgan fingerprint density at radius 1 is 1.54 bits per heavy atom. The van der Waals surface area contributed by atoms with Crippen molar-refractivity contribution in [3.05, 3.63) is 24.1 Å². The molecule has 2 rings (SSSR count). The lowest BCUT2D eigenvalue weighted by Gasteiger charge is -1.89. The third-order valence-electron chi connectivity index (χ3n) is 1.72. The number of oxazole rings is 1. The van der Waals surface area contributed by atoms with Gasteiger partial charge in [0.15, 0.2) is 5.58 Å². The number of ether oxygens (including phenoxy) is 1. The van der Waals surface area contributed by atoms with E-state index in [-0.39, 0.29) is 0 Å². The van der Waals surface area contributed by atoms with E-state index in [2.05, 4.69) is 4.98 Å². The van der Waals surface area contributed by atoms with E-state index in [0.717, 1.165) is 5.52 Å². The second-order valence-electron chi connectivity index (χ2n) is 2.77. The quantitative estimate of drug-likeness (QED) is 0.709. The fourth-order valence-corrected chi connectivity index (χ4v) is 1.17. The van der Waals surface area contributed by atoms with E-state index in [1.165, 1.54) is 0 Å². The van der Waals surface area contributed by atoms with E-state index < -0.39 is 0 Å². The number of anilines is 1. The molecule has 4 heteroatoms. The zero-order valence-electron chi connectivity index (χ0n) is 7.28. The molecule has 0 radical (unpaired) electrons. The number of nitrogens with zero attached hydrogens (tertiary/aromatic N) is 1. The van der Waals surface area contributed by atoms with Crippen LogP contribution in [0.5, 0.6) is 0 Å². The Hall–Kier alpha value is -1.55. The first-order chi connectivity index (χ1) is 6.29. The van der Waals surface area contributed by atoms with Gasteiger partial charge in [-0.05, 0) is 12.1 Å². The monoisotopic (exact) mass is 178 g/mol. The van der Waals surface area contributed by atoms with E-state index >= 15 is 0 Å². The minimum Gasteiger partial charge on any atom is -0.438 e. The number of methoxy groups -OCH3 is 1. The van der Waals surface area contributed by atoms with Crippen molar-refractivity contribution in [2.45, 2.75) is 6.61 Å². The number of hydrogen-bond acceptors (Lipinski definition) is 4. The predicted octanol–water partition coefficient (Wildman–Crippen LogP) is 1.56. The van der Waals surface area contributed by atoms with Crippen molar-refractivity contribution < 1.29 is 9.15 Å². The highest BCUT2D eigenvalue weighted by molar-refractivity contribution is 5.76. The van der Waals surface area contributed by atoms with Gasteiger partial charge in [-0.3, -0.25) is 0 Å². The van der Waals surface area contributed by atoms with Crippen molar-refractivity contribution in [1.82, 2.24) is 4.98 Å². The van der Waals surface area contributed by atoms with Gasteiger partial charge < -0.3 is 14.9 Å². The predicted molar refractivity (Wildman–Crippen MR) is 49.1 cm³/mol. The number of nitrogen functional groups attached to an aromatic ring is 1. The largest absolute Gasteiger partial charge is 0.438 e. The van der Waals surface area contributed by atoms with Crippen molar-refractivity contribution in [2.24, 2.45) is 0 Å². The lowest BCUT2D eigenvalue weighted by molar-refractivity contribution is 0.161. The summed E-state index contributed by atoms with van der Waals surface area (Å²) in [5.41, 5.74) is 7.77. The fourth-order valence-electron chi connectivity index (χ4n) is 1.17. The molecule has 0 spiro atoms. The molecule has 68 valence electrons. The zero-order valence-corrected chi connectivity index (χ0v) is 7.28. The standard InChI is InChI=1S/C9H10N2O2/c1-12-5-9-11-7-3-2-6(10)4-8(7)13-9/h2-4H,5,10H2,1H3. The van der Waals surface area contributed by atoms with Crippen molar-refractivity contribution >= 4 is 16.8 Å². The van der Waals surface area contributed by atoms with E-state index in [1.807, 2.05) is 6.07 Å². The average molecular weight is 178 g/mol. The number of nitrogens with two attached hydrogens (primary N) is 1. The minimum absolute atomic E-state index is 0.384. The second-order valence-corrected chi connectivity index (χ2v) is 2.77. The van der Waals surface area contributed by atoms with Gasteiger partial charge in [0.05, 0.1) is 0 Å². The first kappa shape index (κ1) is 8.07. The maximum Gasteiger partial charge on any atom is 0.221 e. The van der Waals surface area contributed by atoms with Crippen LogP contribution in [0.3, 0.4) is 0 Å². The van der Waals surface area contributed by atoms with Crippen LogP contribution in [0, 0.1) is 0 Å². The van der Waals surface area contributed by atoms with Crippen LogP contribution >= 0.6 is 0 Å². The zero-order chi connectivity index (χ0) is 9.26. The van der Waals surface area contributed by atoms with Crippen LogP contribution in [0.4, 0.5) is 5.69 Å². The highest BCUT2D eigenvalue weighted by atomic mass is 16.5. The number of hydrogen-bond donors (Lipinski definition) is 1. The van der Waals surface area contributed by atoms with Crippen LogP contribution in [0.1, 0.15) is 5.89 Å². The van der Waals surface area contributed by atoms with Gasteiger partial charge in [-0.15, -0.1) is 0 Å². The van der Waals surface area contributed by atoms with Crippen LogP contribution < -0.4 is 5.73 Å². The SMILES string of the molecule is COCc1nc2ccc(N)cc2o1. The molecule has 1 aromatic heterocycles. The Morgan fingerprint density at radius 3 is 3.15 bits per heavy atom. The van der Waals surface area contributed by atoms with Gasteiger partial charge >= 0.3 is 0 Å². The summed E-state index contributed by atoms with van der Waals surface area (Å²) in [5.74, 6) is 0.572. The smallest absolute Gasteiger partial charge is 0.221 e. The van der Waals surface area contributed by atoms with Crippen LogP contribution in [0.15, 0.2) is 22.6 Å². The molecule has 0 saturated heterocycles. The molecule has 1 heterocycles. The van der Waals surface area contributed by atoms with Crippen molar-refractivity contribution in [3.8, 4) is 0 Å². The highest BCUT2D eigenvalue weighted by Crippen LogP contribution is 2.18. The Labute approximate surface area is 75.3 Å². The molecule has 0 fully saturated rings. The highest BCUT2D eigenvalue weighted by Gasteiger charge is 2.04. The van der Waals surface area contributed by atoms with E-state index in [0.29, 0.717) is 23.8 Å². The molecule has 0 unspecified atom stereocenters. The summed E-state index contributed by atoms with van der Waals surface area (Å²) in [5, 5.41) is 0.